The van der Waals surface area contributed by atoms with Gasteiger partial charge in [0.1, 0.15) is 6.04 Å². The molecule has 128 valence electrons. The first-order chi connectivity index (χ1) is 10.5. The first-order valence-electron chi connectivity index (χ1n) is 6.66. The van der Waals surface area contributed by atoms with Gasteiger partial charge in [-0.25, -0.2) is 9.86 Å². The number of halogens is 1. The maximum Gasteiger partial charge on any atom is 0.328 e. The Hall–Kier alpha value is -2.31. The highest BCUT2D eigenvalue weighted by molar-refractivity contribution is 5.85. The van der Waals surface area contributed by atoms with Crippen LogP contribution in [0.3, 0.4) is 0 Å². The summed E-state index contributed by atoms with van der Waals surface area (Å²) < 4.78 is 4.92. The zero-order valence-electron chi connectivity index (χ0n) is 13.5. The smallest absolute Gasteiger partial charge is 0.328 e. The molecule has 1 unspecified atom stereocenters. The maximum atomic E-state index is 11.6. The monoisotopic (exact) mass is 344 g/mol. The molecule has 0 spiro atoms. The molecule has 10 heteroatoms. The Morgan fingerprint density at radius 3 is 2.61 bits per heavy atom. The highest BCUT2D eigenvalue weighted by Gasteiger charge is 2.17. The summed E-state index contributed by atoms with van der Waals surface area (Å²) >= 11 is 0. The van der Waals surface area contributed by atoms with Gasteiger partial charge in [0.15, 0.2) is 0 Å². The summed E-state index contributed by atoms with van der Waals surface area (Å²) in [6.07, 6.45) is 5.20. The molecule has 1 aromatic rings. The molecule has 0 radical (unpaired) electrons. The molecule has 0 aromatic carbocycles. The molecule has 9 nitrogen and oxygen atoms in total. The molecule has 0 aliphatic rings. The SMILES string of the molecule is C#CCNc1nc(NC(C)C(=O)OCC)nc(N(C)OC)n1.Cl. The molecule has 1 aromatic heterocycles. The van der Waals surface area contributed by atoms with Crippen LogP contribution in [0.25, 0.3) is 0 Å². The number of esters is 1. The molecule has 23 heavy (non-hydrogen) atoms. The number of terminal acetylenes is 1. The first-order valence-corrected chi connectivity index (χ1v) is 6.66. The predicted octanol–water partition coefficient (Wildman–Crippen LogP) is 0.700. The van der Waals surface area contributed by atoms with E-state index in [-0.39, 0.29) is 36.8 Å². The summed E-state index contributed by atoms with van der Waals surface area (Å²) in [5.74, 6) is 2.75. The third-order valence-corrected chi connectivity index (χ3v) is 2.51. The van der Waals surface area contributed by atoms with E-state index in [1.165, 1.54) is 12.2 Å². The summed E-state index contributed by atoms with van der Waals surface area (Å²) in [5.41, 5.74) is 0. The second-order valence-electron chi connectivity index (χ2n) is 4.14. The van der Waals surface area contributed by atoms with Crippen LogP contribution in [0.1, 0.15) is 13.8 Å². The summed E-state index contributed by atoms with van der Waals surface area (Å²) in [4.78, 5) is 29.1. The summed E-state index contributed by atoms with van der Waals surface area (Å²) in [7, 11) is 3.12. The molecule has 0 saturated carbocycles. The Morgan fingerprint density at radius 2 is 2.04 bits per heavy atom. The molecule has 2 N–H and O–H groups in total. The van der Waals surface area contributed by atoms with Crippen molar-refractivity contribution in [2.45, 2.75) is 19.9 Å². The van der Waals surface area contributed by atoms with Crippen molar-refractivity contribution in [3.63, 3.8) is 0 Å². The molecule has 0 aliphatic heterocycles. The number of carbonyl (C=O) groups is 1. The largest absolute Gasteiger partial charge is 0.464 e. The summed E-state index contributed by atoms with van der Waals surface area (Å²) in [6.45, 7) is 3.94. The van der Waals surface area contributed by atoms with E-state index in [2.05, 4.69) is 31.5 Å². The third-order valence-electron chi connectivity index (χ3n) is 2.51. The molecule has 1 atom stereocenters. The van der Waals surface area contributed by atoms with Crippen molar-refractivity contribution >= 4 is 36.2 Å². The van der Waals surface area contributed by atoms with Crippen molar-refractivity contribution in [2.75, 3.05) is 43.0 Å². The molecule has 0 bridgehead atoms. The van der Waals surface area contributed by atoms with Gasteiger partial charge in [0.2, 0.25) is 11.9 Å². The zero-order valence-corrected chi connectivity index (χ0v) is 14.3. The van der Waals surface area contributed by atoms with Crippen LogP contribution >= 0.6 is 12.4 Å². The zero-order chi connectivity index (χ0) is 16.5. The number of rotatable bonds is 8. The third kappa shape index (κ3) is 6.54. The van der Waals surface area contributed by atoms with Crippen LogP contribution in [0.5, 0.6) is 0 Å². The maximum absolute atomic E-state index is 11.6. The summed E-state index contributed by atoms with van der Waals surface area (Å²) in [5, 5.41) is 7.05. The number of nitrogens with zero attached hydrogens (tertiary/aromatic N) is 4. The van der Waals surface area contributed by atoms with Crippen molar-refractivity contribution in [1.82, 2.24) is 15.0 Å². The van der Waals surface area contributed by atoms with E-state index in [4.69, 9.17) is 16.0 Å². The van der Waals surface area contributed by atoms with Crippen LogP contribution in [-0.2, 0) is 14.4 Å². The van der Waals surface area contributed by atoms with Crippen LogP contribution in [0.2, 0.25) is 0 Å². The molecular formula is C13H21ClN6O3. The van der Waals surface area contributed by atoms with Crippen molar-refractivity contribution in [2.24, 2.45) is 0 Å². The molecule has 1 rings (SSSR count). The highest BCUT2D eigenvalue weighted by atomic mass is 35.5. The Labute approximate surface area is 141 Å². The van der Waals surface area contributed by atoms with Gasteiger partial charge in [0.25, 0.3) is 5.95 Å². The minimum absolute atomic E-state index is 0. The molecule has 0 aliphatic carbocycles. The Balaban J connectivity index is 0.00000484. The van der Waals surface area contributed by atoms with Crippen LogP contribution in [0, 0.1) is 12.3 Å². The van der Waals surface area contributed by atoms with Crippen molar-refractivity contribution < 1.29 is 14.4 Å². The quantitative estimate of drug-likeness (QED) is 0.401. The fraction of sp³-hybridized carbons (Fsp3) is 0.538. The second-order valence-corrected chi connectivity index (χ2v) is 4.14. The molecule has 0 fully saturated rings. The van der Waals surface area contributed by atoms with Gasteiger partial charge in [-0.3, -0.25) is 4.84 Å². The van der Waals surface area contributed by atoms with E-state index in [0.29, 0.717) is 6.61 Å². The van der Waals surface area contributed by atoms with Crippen LogP contribution in [-0.4, -0.2) is 54.3 Å². The van der Waals surface area contributed by atoms with Gasteiger partial charge < -0.3 is 15.4 Å². The van der Waals surface area contributed by atoms with E-state index in [0.717, 1.165) is 0 Å². The fourth-order valence-corrected chi connectivity index (χ4v) is 1.38. The molecule has 1 heterocycles. The van der Waals surface area contributed by atoms with E-state index in [1.54, 1.807) is 20.9 Å². The number of hydrogen-bond acceptors (Lipinski definition) is 9. The molecule has 0 amide bonds. The Morgan fingerprint density at radius 1 is 1.39 bits per heavy atom. The van der Waals surface area contributed by atoms with Gasteiger partial charge in [0, 0.05) is 7.05 Å². The fourth-order valence-electron chi connectivity index (χ4n) is 1.38. The Bertz CT molecular complexity index is 551. The number of aromatic nitrogens is 3. The Kier molecular flexibility index (Phi) is 9.37. The van der Waals surface area contributed by atoms with E-state index >= 15 is 0 Å². The standard InChI is InChI=1S/C13H20N6O3.ClH/c1-6-8-14-11-16-12(15-9(3)10(20)22-7-2)18-13(17-11)19(4)21-5;/h1,9H,7-8H2,2-5H3,(H2,14,15,16,17,18);1H. The van der Waals surface area contributed by atoms with Gasteiger partial charge in [-0.2, -0.15) is 15.0 Å². The van der Waals surface area contributed by atoms with Gasteiger partial charge in [-0.05, 0) is 13.8 Å². The van der Waals surface area contributed by atoms with E-state index < -0.39 is 12.0 Å². The second kappa shape index (κ2) is 10.4. The minimum Gasteiger partial charge on any atom is -0.464 e. The number of anilines is 3. The van der Waals surface area contributed by atoms with Crippen molar-refractivity contribution in [3.8, 4) is 12.3 Å². The van der Waals surface area contributed by atoms with Gasteiger partial charge in [0.05, 0.1) is 20.3 Å². The topological polar surface area (TPSA) is 102 Å². The number of hydroxylamine groups is 1. The highest BCUT2D eigenvalue weighted by Crippen LogP contribution is 2.13. The van der Waals surface area contributed by atoms with Gasteiger partial charge in [-0.15, -0.1) is 18.8 Å². The van der Waals surface area contributed by atoms with Gasteiger partial charge >= 0.3 is 5.97 Å². The molecular weight excluding hydrogens is 324 g/mol. The number of nitrogens with one attached hydrogen (secondary N) is 2. The number of hydrogen-bond donors (Lipinski definition) is 2. The average Bonchev–Trinajstić information content (AvgIpc) is 2.52. The van der Waals surface area contributed by atoms with Crippen LogP contribution in [0.4, 0.5) is 17.8 Å². The van der Waals surface area contributed by atoms with E-state index in [9.17, 15) is 4.79 Å². The number of ether oxygens (including phenoxy) is 1. The summed E-state index contributed by atoms with van der Waals surface area (Å²) in [6, 6.07) is -0.608. The average molecular weight is 345 g/mol. The first kappa shape index (κ1) is 20.7. The lowest BCUT2D eigenvalue weighted by Gasteiger charge is -2.17. The van der Waals surface area contributed by atoms with Crippen molar-refractivity contribution in [1.29, 1.82) is 0 Å². The van der Waals surface area contributed by atoms with E-state index in [1.807, 2.05) is 0 Å². The minimum atomic E-state index is -0.608. The lowest BCUT2D eigenvalue weighted by Crippen LogP contribution is -2.30. The van der Waals surface area contributed by atoms with Crippen molar-refractivity contribution in [3.05, 3.63) is 0 Å². The van der Waals surface area contributed by atoms with Gasteiger partial charge in [-0.1, -0.05) is 5.92 Å². The molecule has 0 saturated heterocycles. The predicted molar refractivity (Wildman–Crippen MR) is 89.5 cm³/mol. The van der Waals surface area contributed by atoms with Crippen LogP contribution < -0.4 is 15.7 Å². The lowest BCUT2D eigenvalue weighted by molar-refractivity contribution is -0.143. The van der Waals surface area contributed by atoms with Crippen LogP contribution in [0.15, 0.2) is 0 Å². The number of carbonyl (C=O) groups excluding carboxylic acids is 1. The lowest BCUT2D eigenvalue weighted by atomic mass is 10.3. The normalized spacial score (nSPS) is 10.7.